The summed E-state index contributed by atoms with van der Waals surface area (Å²) in [6, 6.07) is 11.9. The molecule has 2 aromatic rings. The van der Waals surface area contributed by atoms with E-state index in [4.69, 9.17) is 9.15 Å². The van der Waals surface area contributed by atoms with E-state index in [-0.39, 0.29) is 24.7 Å². The molecule has 25 heavy (non-hydrogen) atoms. The second kappa shape index (κ2) is 6.36. The number of Topliss-reactive ketones (excluding diaryl/α,β-unsaturated/α-hetero) is 1. The predicted octanol–water partition coefficient (Wildman–Crippen LogP) is 3.92. The summed E-state index contributed by atoms with van der Waals surface area (Å²) >= 11 is 0. The minimum absolute atomic E-state index is 0.0877. The number of hydrogen-bond donors (Lipinski definition) is 0. The summed E-state index contributed by atoms with van der Waals surface area (Å²) in [6.07, 6.45) is 3.62. The number of ether oxygens (including phenoxy) is 1. The van der Waals surface area contributed by atoms with Crippen molar-refractivity contribution >= 4 is 17.3 Å². The summed E-state index contributed by atoms with van der Waals surface area (Å²) in [5, 5.41) is 0. The highest BCUT2D eigenvalue weighted by molar-refractivity contribution is 6.07. The molecule has 1 heterocycles. The Hall–Kier alpha value is -2.62. The van der Waals surface area contributed by atoms with Crippen LogP contribution in [-0.2, 0) is 20.7 Å². The Bertz CT molecular complexity index is 845. The van der Waals surface area contributed by atoms with Crippen LogP contribution in [0.3, 0.4) is 0 Å². The van der Waals surface area contributed by atoms with Gasteiger partial charge in [-0.1, -0.05) is 29.8 Å². The first-order chi connectivity index (χ1) is 12.2. The van der Waals surface area contributed by atoms with Crippen LogP contribution >= 0.6 is 0 Å². The molecule has 2 atom stereocenters. The number of esters is 1. The van der Waals surface area contributed by atoms with E-state index in [0.29, 0.717) is 5.76 Å². The molecule has 0 spiro atoms. The summed E-state index contributed by atoms with van der Waals surface area (Å²) in [4.78, 5) is 25.4. The Morgan fingerprint density at radius 2 is 2.04 bits per heavy atom. The van der Waals surface area contributed by atoms with Crippen LogP contribution in [0.15, 0.2) is 52.7 Å². The fourth-order valence-electron chi connectivity index (χ4n) is 4.15. The molecule has 0 fully saturated rings. The second-order valence-electron chi connectivity index (χ2n) is 6.53. The van der Waals surface area contributed by atoms with Crippen LogP contribution in [0.25, 0.3) is 5.57 Å². The van der Waals surface area contributed by atoms with E-state index in [1.54, 1.807) is 19.3 Å². The summed E-state index contributed by atoms with van der Waals surface area (Å²) in [7, 11) is 0. The number of allylic oxidation sites excluding steroid dienone is 2. The van der Waals surface area contributed by atoms with Gasteiger partial charge in [-0.15, -0.1) is 0 Å². The van der Waals surface area contributed by atoms with Crippen LogP contribution in [0, 0.1) is 5.92 Å². The molecule has 4 heteroatoms. The molecular formula is C21H20O4. The smallest absolute Gasteiger partial charge is 0.317 e. The zero-order valence-corrected chi connectivity index (χ0v) is 14.2. The van der Waals surface area contributed by atoms with Crippen molar-refractivity contribution in [3.8, 4) is 0 Å². The molecule has 0 unspecified atom stereocenters. The van der Waals surface area contributed by atoms with Gasteiger partial charge in [-0.3, -0.25) is 9.59 Å². The Morgan fingerprint density at radius 3 is 2.80 bits per heavy atom. The Balaban J connectivity index is 1.87. The van der Waals surface area contributed by atoms with Gasteiger partial charge in [-0.2, -0.15) is 0 Å². The molecule has 0 radical (unpaired) electrons. The summed E-state index contributed by atoms with van der Waals surface area (Å²) in [5.74, 6) is -1.04. The van der Waals surface area contributed by atoms with Crippen molar-refractivity contribution in [3.63, 3.8) is 0 Å². The lowest BCUT2D eigenvalue weighted by Crippen LogP contribution is -2.37. The minimum Gasteiger partial charge on any atom is -0.469 e. The van der Waals surface area contributed by atoms with Crippen molar-refractivity contribution in [1.82, 2.24) is 0 Å². The van der Waals surface area contributed by atoms with Crippen molar-refractivity contribution < 1.29 is 18.7 Å². The van der Waals surface area contributed by atoms with Crippen molar-refractivity contribution in [1.29, 1.82) is 0 Å². The molecule has 2 aliphatic carbocycles. The van der Waals surface area contributed by atoms with E-state index in [1.807, 2.05) is 18.2 Å². The lowest BCUT2D eigenvalue weighted by atomic mass is 9.67. The molecule has 4 nitrogen and oxygen atoms in total. The molecule has 0 saturated carbocycles. The third kappa shape index (κ3) is 2.62. The third-order valence-electron chi connectivity index (χ3n) is 5.19. The number of carbonyl (C=O) groups is 2. The maximum Gasteiger partial charge on any atom is 0.317 e. The highest BCUT2D eigenvalue weighted by Gasteiger charge is 2.45. The van der Waals surface area contributed by atoms with E-state index in [2.05, 4.69) is 12.1 Å². The first-order valence-corrected chi connectivity index (χ1v) is 8.73. The zero-order valence-electron chi connectivity index (χ0n) is 14.2. The largest absolute Gasteiger partial charge is 0.469 e. The fraction of sp³-hybridized carbons (Fsp3) is 0.333. The average molecular weight is 336 g/mol. The Labute approximate surface area is 146 Å². The molecule has 128 valence electrons. The number of benzene rings is 1. The van der Waals surface area contributed by atoms with Crippen LogP contribution < -0.4 is 0 Å². The van der Waals surface area contributed by atoms with Crippen LogP contribution in [0.4, 0.5) is 0 Å². The standard InChI is InChI=1S/C21H20O4/c1-2-24-21(23)20-17(22)12-16-14-7-4-3-6-13(14)9-10-15(16)19(20)18-8-5-11-25-18/h3-8,11,19-20H,2,9-10,12H2,1H3/t19-,20+/m0/s1. The molecule has 1 aromatic heterocycles. The van der Waals surface area contributed by atoms with Gasteiger partial charge in [-0.25, -0.2) is 0 Å². The Morgan fingerprint density at radius 1 is 1.20 bits per heavy atom. The number of furan rings is 1. The number of ketones is 1. The van der Waals surface area contributed by atoms with E-state index < -0.39 is 11.9 Å². The molecule has 0 aliphatic heterocycles. The predicted molar refractivity (Wildman–Crippen MR) is 92.9 cm³/mol. The normalized spacial score (nSPS) is 22.4. The van der Waals surface area contributed by atoms with Gasteiger partial charge in [0.1, 0.15) is 11.7 Å². The maximum absolute atomic E-state index is 12.9. The molecule has 0 amide bonds. The van der Waals surface area contributed by atoms with Crippen LogP contribution in [0.2, 0.25) is 0 Å². The monoisotopic (exact) mass is 336 g/mol. The van der Waals surface area contributed by atoms with E-state index >= 15 is 0 Å². The lowest BCUT2D eigenvalue weighted by Gasteiger charge is -2.35. The van der Waals surface area contributed by atoms with Gasteiger partial charge < -0.3 is 9.15 Å². The Kier molecular flexibility index (Phi) is 4.04. The van der Waals surface area contributed by atoms with Crippen molar-refractivity contribution in [2.75, 3.05) is 6.61 Å². The highest BCUT2D eigenvalue weighted by Crippen LogP contribution is 2.48. The molecular weight excluding hydrogens is 316 g/mol. The summed E-state index contributed by atoms with van der Waals surface area (Å²) < 4.78 is 10.8. The van der Waals surface area contributed by atoms with Gasteiger partial charge in [0.15, 0.2) is 5.78 Å². The number of rotatable bonds is 3. The molecule has 0 bridgehead atoms. The van der Waals surface area contributed by atoms with Gasteiger partial charge in [0.05, 0.1) is 18.8 Å². The summed E-state index contributed by atoms with van der Waals surface area (Å²) in [6.45, 7) is 2.02. The number of fused-ring (bicyclic) bond motifs is 2. The maximum atomic E-state index is 12.9. The van der Waals surface area contributed by atoms with Gasteiger partial charge in [0.25, 0.3) is 0 Å². The molecule has 4 rings (SSSR count). The molecule has 0 N–H and O–H groups in total. The number of aryl methyl sites for hydroxylation is 1. The highest BCUT2D eigenvalue weighted by atomic mass is 16.5. The first-order valence-electron chi connectivity index (χ1n) is 8.73. The minimum atomic E-state index is -0.810. The van der Waals surface area contributed by atoms with Gasteiger partial charge >= 0.3 is 5.97 Å². The molecule has 1 aromatic carbocycles. The zero-order chi connectivity index (χ0) is 17.4. The van der Waals surface area contributed by atoms with Gasteiger partial charge in [0, 0.05) is 6.42 Å². The van der Waals surface area contributed by atoms with Gasteiger partial charge in [0.2, 0.25) is 0 Å². The first kappa shape index (κ1) is 15.9. The van der Waals surface area contributed by atoms with E-state index in [0.717, 1.165) is 29.6 Å². The summed E-state index contributed by atoms with van der Waals surface area (Å²) in [5.41, 5.74) is 4.61. The quantitative estimate of drug-likeness (QED) is 0.630. The number of hydrogen-bond acceptors (Lipinski definition) is 4. The van der Waals surface area contributed by atoms with Crippen LogP contribution in [-0.4, -0.2) is 18.4 Å². The lowest BCUT2D eigenvalue weighted by molar-refractivity contribution is -0.152. The fourth-order valence-corrected chi connectivity index (χ4v) is 4.15. The second-order valence-corrected chi connectivity index (χ2v) is 6.53. The van der Waals surface area contributed by atoms with Gasteiger partial charge in [-0.05, 0) is 48.6 Å². The topological polar surface area (TPSA) is 56.5 Å². The van der Waals surface area contributed by atoms with Crippen molar-refractivity contribution in [2.45, 2.75) is 32.1 Å². The molecule has 0 saturated heterocycles. The van der Waals surface area contributed by atoms with E-state index in [9.17, 15) is 9.59 Å². The number of carbonyl (C=O) groups excluding carboxylic acids is 2. The molecule has 2 aliphatic rings. The van der Waals surface area contributed by atoms with Crippen molar-refractivity contribution in [2.24, 2.45) is 5.92 Å². The SMILES string of the molecule is CCOC(=O)[C@@H]1C(=O)CC2=C(CCc3ccccc32)[C@H]1c1ccco1. The van der Waals surface area contributed by atoms with Crippen LogP contribution in [0.1, 0.15) is 42.6 Å². The van der Waals surface area contributed by atoms with Crippen LogP contribution in [0.5, 0.6) is 0 Å². The van der Waals surface area contributed by atoms with E-state index in [1.165, 1.54) is 5.56 Å². The van der Waals surface area contributed by atoms with Crippen molar-refractivity contribution in [3.05, 3.63) is 65.1 Å². The third-order valence-corrected chi connectivity index (χ3v) is 5.19. The average Bonchev–Trinajstić information content (AvgIpc) is 3.15.